The molecule has 118 valence electrons. The van der Waals surface area contributed by atoms with E-state index in [-0.39, 0.29) is 11.8 Å². The zero-order valence-electron chi connectivity index (χ0n) is 12.9. The van der Waals surface area contributed by atoms with E-state index in [2.05, 4.69) is 5.32 Å². The molecule has 1 atom stereocenters. The molecule has 1 aliphatic heterocycles. The SMILES string of the molecule is CC(=O)N1CCc2cc(C(=O)N[C@@H](C(=O)O)C(C)C)ccc21. The number of carboxylic acid groups (broad SMARTS) is 1. The van der Waals surface area contributed by atoms with Gasteiger partial charge in [0.2, 0.25) is 5.91 Å². The van der Waals surface area contributed by atoms with E-state index < -0.39 is 17.9 Å². The maximum absolute atomic E-state index is 12.2. The standard InChI is InChI=1S/C16H20N2O4/c1-9(2)14(16(21)22)17-15(20)12-4-5-13-11(8-12)6-7-18(13)10(3)19/h4-5,8-9,14H,6-7H2,1-3H3,(H,17,20)(H,21,22)/t14-/m1/s1. The van der Waals surface area contributed by atoms with Crippen LogP contribution in [0.25, 0.3) is 0 Å². The maximum Gasteiger partial charge on any atom is 0.326 e. The van der Waals surface area contributed by atoms with Gasteiger partial charge >= 0.3 is 5.97 Å². The van der Waals surface area contributed by atoms with E-state index in [0.29, 0.717) is 18.5 Å². The van der Waals surface area contributed by atoms with Crippen LogP contribution in [0.3, 0.4) is 0 Å². The molecular weight excluding hydrogens is 284 g/mol. The Morgan fingerprint density at radius 1 is 1.27 bits per heavy atom. The molecule has 2 rings (SSSR count). The minimum absolute atomic E-state index is 0.0262. The number of carboxylic acids is 1. The van der Waals surface area contributed by atoms with Gasteiger partial charge in [-0.15, -0.1) is 0 Å². The second-order valence-corrected chi connectivity index (χ2v) is 5.80. The molecule has 0 spiro atoms. The van der Waals surface area contributed by atoms with Crippen molar-refractivity contribution in [3.05, 3.63) is 29.3 Å². The van der Waals surface area contributed by atoms with Crippen LogP contribution in [0, 0.1) is 5.92 Å². The van der Waals surface area contributed by atoms with Gasteiger partial charge in [0.1, 0.15) is 6.04 Å². The molecule has 1 aromatic rings. The van der Waals surface area contributed by atoms with Crippen molar-refractivity contribution >= 4 is 23.5 Å². The normalized spacial score (nSPS) is 14.6. The van der Waals surface area contributed by atoms with Crippen LogP contribution in [0.1, 0.15) is 36.7 Å². The van der Waals surface area contributed by atoms with Crippen LogP contribution in [0.15, 0.2) is 18.2 Å². The number of carbonyl (C=O) groups is 3. The predicted molar refractivity (Wildman–Crippen MR) is 81.9 cm³/mol. The highest BCUT2D eigenvalue weighted by atomic mass is 16.4. The van der Waals surface area contributed by atoms with Crippen molar-refractivity contribution in [2.75, 3.05) is 11.4 Å². The zero-order chi connectivity index (χ0) is 16.4. The molecule has 0 aromatic heterocycles. The quantitative estimate of drug-likeness (QED) is 0.881. The molecule has 22 heavy (non-hydrogen) atoms. The number of hydrogen-bond acceptors (Lipinski definition) is 3. The molecule has 6 heteroatoms. The number of fused-ring (bicyclic) bond motifs is 1. The van der Waals surface area contributed by atoms with Gasteiger partial charge in [-0.1, -0.05) is 13.8 Å². The largest absolute Gasteiger partial charge is 0.480 e. The Hall–Kier alpha value is -2.37. The van der Waals surface area contributed by atoms with E-state index in [1.54, 1.807) is 36.9 Å². The van der Waals surface area contributed by atoms with Crippen molar-refractivity contribution in [2.24, 2.45) is 5.92 Å². The third kappa shape index (κ3) is 3.10. The van der Waals surface area contributed by atoms with Gasteiger partial charge in [-0.3, -0.25) is 9.59 Å². The highest BCUT2D eigenvalue weighted by Gasteiger charge is 2.26. The van der Waals surface area contributed by atoms with Gasteiger partial charge in [-0.2, -0.15) is 0 Å². The molecule has 6 nitrogen and oxygen atoms in total. The first-order valence-electron chi connectivity index (χ1n) is 7.26. The predicted octanol–water partition coefficient (Wildman–Crippen LogP) is 1.43. The second kappa shape index (κ2) is 6.17. The fraction of sp³-hybridized carbons (Fsp3) is 0.438. The second-order valence-electron chi connectivity index (χ2n) is 5.80. The van der Waals surface area contributed by atoms with Gasteiger partial charge < -0.3 is 15.3 Å². The fourth-order valence-corrected chi connectivity index (χ4v) is 2.61. The van der Waals surface area contributed by atoms with Crippen LogP contribution in [-0.2, 0) is 16.0 Å². The van der Waals surface area contributed by atoms with Crippen LogP contribution in [0.5, 0.6) is 0 Å². The molecule has 1 heterocycles. The van der Waals surface area contributed by atoms with Gasteiger partial charge in [0, 0.05) is 24.7 Å². The first-order chi connectivity index (χ1) is 10.3. The number of nitrogens with one attached hydrogen (secondary N) is 1. The summed E-state index contributed by atoms with van der Waals surface area (Å²) in [6, 6.07) is 4.17. The molecule has 1 aromatic carbocycles. The maximum atomic E-state index is 12.2. The highest BCUT2D eigenvalue weighted by molar-refractivity contribution is 5.99. The lowest BCUT2D eigenvalue weighted by Crippen LogP contribution is -2.44. The van der Waals surface area contributed by atoms with Gasteiger partial charge in [0.05, 0.1) is 0 Å². The summed E-state index contributed by atoms with van der Waals surface area (Å²) >= 11 is 0. The van der Waals surface area contributed by atoms with E-state index in [0.717, 1.165) is 11.3 Å². The molecule has 2 N–H and O–H groups in total. The molecule has 0 saturated heterocycles. The third-order valence-electron chi connectivity index (χ3n) is 3.84. The van der Waals surface area contributed by atoms with Crippen molar-refractivity contribution in [1.82, 2.24) is 5.32 Å². The Bertz CT molecular complexity index is 625. The summed E-state index contributed by atoms with van der Waals surface area (Å²) in [5.41, 5.74) is 2.16. The van der Waals surface area contributed by atoms with E-state index in [9.17, 15) is 14.4 Å². The number of benzene rings is 1. The van der Waals surface area contributed by atoms with Crippen molar-refractivity contribution in [3.63, 3.8) is 0 Å². The molecule has 0 bridgehead atoms. The summed E-state index contributed by atoms with van der Waals surface area (Å²) < 4.78 is 0. The minimum Gasteiger partial charge on any atom is -0.480 e. The Labute approximate surface area is 129 Å². The summed E-state index contributed by atoms with van der Waals surface area (Å²) in [4.78, 5) is 36.6. The molecular formula is C16H20N2O4. The van der Waals surface area contributed by atoms with Gasteiger partial charge in [-0.05, 0) is 36.1 Å². The Morgan fingerprint density at radius 3 is 2.50 bits per heavy atom. The summed E-state index contributed by atoms with van der Waals surface area (Å²) in [5.74, 6) is -1.69. The lowest BCUT2D eigenvalue weighted by Gasteiger charge is -2.18. The van der Waals surface area contributed by atoms with Gasteiger partial charge in [-0.25, -0.2) is 4.79 Å². The Morgan fingerprint density at radius 2 is 1.95 bits per heavy atom. The number of anilines is 1. The molecule has 0 unspecified atom stereocenters. The summed E-state index contributed by atoms with van der Waals surface area (Å²) in [5, 5.41) is 11.7. The van der Waals surface area contributed by atoms with Crippen LogP contribution in [0.4, 0.5) is 5.69 Å². The van der Waals surface area contributed by atoms with Crippen LogP contribution in [-0.4, -0.2) is 35.5 Å². The smallest absolute Gasteiger partial charge is 0.326 e. The van der Waals surface area contributed by atoms with Gasteiger partial charge in [0.25, 0.3) is 5.91 Å². The summed E-state index contributed by atoms with van der Waals surface area (Å²) in [7, 11) is 0. The molecule has 1 aliphatic rings. The number of carbonyl (C=O) groups excluding carboxylic acids is 2. The first kappa shape index (κ1) is 16.0. The van der Waals surface area contributed by atoms with E-state index in [1.807, 2.05) is 0 Å². The summed E-state index contributed by atoms with van der Waals surface area (Å²) in [6.45, 7) is 5.61. The fourth-order valence-electron chi connectivity index (χ4n) is 2.61. The van der Waals surface area contributed by atoms with Crippen molar-refractivity contribution < 1.29 is 19.5 Å². The Kier molecular flexibility index (Phi) is 4.49. The van der Waals surface area contributed by atoms with E-state index >= 15 is 0 Å². The monoisotopic (exact) mass is 304 g/mol. The van der Waals surface area contributed by atoms with Crippen molar-refractivity contribution in [1.29, 1.82) is 0 Å². The molecule has 0 radical (unpaired) electrons. The third-order valence-corrected chi connectivity index (χ3v) is 3.84. The van der Waals surface area contributed by atoms with Crippen LogP contribution < -0.4 is 10.2 Å². The number of rotatable bonds is 4. The van der Waals surface area contributed by atoms with Crippen molar-refractivity contribution in [3.8, 4) is 0 Å². The van der Waals surface area contributed by atoms with E-state index in [1.165, 1.54) is 6.92 Å². The number of hydrogen-bond donors (Lipinski definition) is 2. The Balaban J connectivity index is 2.19. The van der Waals surface area contributed by atoms with E-state index in [4.69, 9.17) is 5.11 Å². The van der Waals surface area contributed by atoms with Crippen LogP contribution >= 0.6 is 0 Å². The first-order valence-corrected chi connectivity index (χ1v) is 7.26. The van der Waals surface area contributed by atoms with Crippen molar-refractivity contribution in [2.45, 2.75) is 33.2 Å². The lowest BCUT2D eigenvalue weighted by molar-refractivity contribution is -0.140. The van der Waals surface area contributed by atoms with Gasteiger partial charge in [0.15, 0.2) is 0 Å². The molecule has 0 aliphatic carbocycles. The molecule has 0 saturated carbocycles. The molecule has 0 fully saturated rings. The lowest BCUT2D eigenvalue weighted by atomic mass is 10.0. The number of aliphatic carboxylic acids is 1. The zero-order valence-corrected chi connectivity index (χ0v) is 12.9. The highest BCUT2D eigenvalue weighted by Crippen LogP contribution is 2.28. The minimum atomic E-state index is -1.05. The van der Waals surface area contributed by atoms with Crippen LogP contribution in [0.2, 0.25) is 0 Å². The number of amides is 2. The molecule has 2 amide bonds. The number of nitrogens with zero attached hydrogens (tertiary/aromatic N) is 1. The topological polar surface area (TPSA) is 86.7 Å². The average molecular weight is 304 g/mol. The average Bonchev–Trinajstić information content (AvgIpc) is 2.86. The summed E-state index contributed by atoms with van der Waals surface area (Å²) in [6.07, 6.45) is 0.697.